The summed E-state index contributed by atoms with van der Waals surface area (Å²) in [4.78, 5) is 44.5. The number of carbonyl (C=O) groups is 1. The van der Waals surface area contributed by atoms with E-state index in [1.54, 1.807) is 44.2 Å². The van der Waals surface area contributed by atoms with Gasteiger partial charge < -0.3 is 9.73 Å². The summed E-state index contributed by atoms with van der Waals surface area (Å²) in [6, 6.07) is 10.0. The van der Waals surface area contributed by atoms with Crippen LogP contribution in [-0.2, 0) is 6.42 Å². The second kappa shape index (κ2) is 7.43. The summed E-state index contributed by atoms with van der Waals surface area (Å²) in [7, 11) is 0. The third kappa shape index (κ3) is 3.41. The lowest BCUT2D eigenvalue weighted by Crippen LogP contribution is -2.24. The van der Waals surface area contributed by atoms with Gasteiger partial charge in [0.2, 0.25) is 5.95 Å². The van der Waals surface area contributed by atoms with E-state index >= 15 is 0 Å². The number of aryl methyl sites for hydroxylation is 2. The molecule has 2 N–H and O–H groups in total. The number of aromatic amines is 1. The second-order valence-electron chi connectivity index (χ2n) is 6.83. The Labute approximate surface area is 170 Å². The first-order chi connectivity index (χ1) is 14.4. The van der Waals surface area contributed by atoms with Crippen molar-refractivity contribution >= 4 is 22.7 Å². The maximum Gasteiger partial charge on any atom is 0.349 e. The van der Waals surface area contributed by atoms with Crippen LogP contribution in [-0.4, -0.2) is 25.7 Å². The summed E-state index contributed by atoms with van der Waals surface area (Å²) >= 11 is 0. The molecule has 0 unspecified atom stereocenters. The molecule has 30 heavy (non-hydrogen) atoms. The molecule has 0 aliphatic rings. The van der Waals surface area contributed by atoms with E-state index in [2.05, 4.69) is 20.4 Å². The molecule has 0 aliphatic heterocycles. The van der Waals surface area contributed by atoms with Gasteiger partial charge in [-0.05, 0) is 32.4 Å². The minimum absolute atomic E-state index is 0.141. The Morgan fingerprint density at radius 1 is 1.20 bits per heavy atom. The number of benzene rings is 1. The largest absolute Gasteiger partial charge is 0.422 e. The van der Waals surface area contributed by atoms with Crippen molar-refractivity contribution < 1.29 is 9.21 Å². The van der Waals surface area contributed by atoms with Crippen molar-refractivity contribution in [3.8, 4) is 5.95 Å². The van der Waals surface area contributed by atoms with E-state index in [1.165, 1.54) is 10.7 Å². The molecule has 3 heterocycles. The quantitative estimate of drug-likeness (QED) is 0.503. The van der Waals surface area contributed by atoms with E-state index in [0.29, 0.717) is 34.3 Å². The number of nitrogens with zero attached hydrogens (tertiary/aromatic N) is 3. The van der Waals surface area contributed by atoms with Gasteiger partial charge in [0.05, 0.1) is 5.69 Å². The lowest BCUT2D eigenvalue weighted by molar-refractivity contribution is 0.102. The van der Waals surface area contributed by atoms with Crippen LogP contribution < -0.4 is 16.5 Å². The van der Waals surface area contributed by atoms with E-state index in [0.717, 1.165) is 0 Å². The average Bonchev–Trinajstić information content (AvgIpc) is 3.07. The van der Waals surface area contributed by atoms with E-state index < -0.39 is 11.5 Å². The number of para-hydroxylation sites is 1. The first-order valence-corrected chi connectivity index (χ1v) is 9.38. The van der Waals surface area contributed by atoms with Crippen molar-refractivity contribution in [1.29, 1.82) is 0 Å². The molecule has 4 rings (SSSR count). The van der Waals surface area contributed by atoms with Crippen molar-refractivity contribution in [2.75, 3.05) is 5.32 Å². The number of nitrogens with one attached hydrogen (secondary N) is 2. The van der Waals surface area contributed by atoms with E-state index in [-0.39, 0.29) is 22.9 Å². The molecule has 1 aromatic carbocycles. The molecule has 0 fully saturated rings. The molecule has 0 radical (unpaired) electrons. The predicted molar refractivity (Wildman–Crippen MR) is 111 cm³/mol. The summed E-state index contributed by atoms with van der Waals surface area (Å²) in [6.07, 6.45) is 0.550. The fourth-order valence-electron chi connectivity index (χ4n) is 3.27. The Hall–Kier alpha value is -4.01. The smallest absolute Gasteiger partial charge is 0.349 e. The molecule has 0 bridgehead atoms. The average molecular weight is 405 g/mol. The second-order valence-corrected chi connectivity index (χ2v) is 6.83. The van der Waals surface area contributed by atoms with Gasteiger partial charge in [-0.2, -0.15) is 9.78 Å². The molecular formula is C21H19N5O4. The van der Waals surface area contributed by atoms with Crippen LogP contribution in [0.3, 0.4) is 0 Å². The van der Waals surface area contributed by atoms with Gasteiger partial charge in [0.25, 0.3) is 11.5 Å². The minimum atomic E-state index is -0.747. The molecule has 0 spiro atoms. The SMILES string of the molecule is CCc1c(C)nc(-n2nc(C)cc2NC(=O)c2cc3ccccc3oc2=O)[nH]c1=O. The number of rotatable bonds is 4. The van der Waals surface area contributed by atoms with Gasteiger partial charge in [-0.25, -0.2) is 9.78 Å². The molecule has 9 nitrogen and oxygen atoms in total. The summed E-state index contributed by atoms with van der Waals surface area (Å²) in [6.45, 7) is 5.35. The molecule has 0 saturated heterocycles. The van der Waals surface area contributed by atoms with E-state index in [4.69, 9.17) is 4.42 Å². The molecule has 152 valence electrons. The Morgan fingerprint density at radius 2 is 1.97 bits per heavy atom. The summed E-state index contributed by atoms with van der Waals surface area (Å²) < 4.78 is 6.55. The number of fused-ring (bicyclic) bond motifs is 1. The van der Waals surface area contributed by atoms with Gasteiger partial charge >= 0.3 is 5.63 Å². The lowest BCUT2D eigenvalue weighted by atomic mass is 10.2. The van der Waals surface area contributed by atoms with Crippen molar-refractivity contribution in [1.82, 2.24) is 19.7 Å². The highest BCUT2D eigenvalue weighted by atomic mass is 16.4. The maximum absolute atomic E-state index is 12.8. The zero-order valence-electron chi connectivity index (χ0n) is 16.6. The summed E-state index contributed by atoms with van der Waals surface area (Å²) in [5, 5.41) is 7.59. The Bertz CT molecular complexity index is 1400. The minimum Gasteiger partial charge on any atom is -0.422 e. The van der Waals surface area contributed by atoms with Gasteiger partial charge in [0.1, 0.15) is 17.0 Å². The molecule has 0 saturated carbocycles. The van der Waals surface area contributed by atoms with Crippen LogP contribution in [0.5, 0.6) is 0 Å². The van der Waals surface area contributed by atoms with Gasteiger partial charge in [0, 0.05) is 22.7 Å². The number of amides is 1. The van der Waals surface area contributed by atoms with Crippen LogP contribution in [0.4, 0.5) is 5.82 Å². The van der Waals surface area contributed by atoms with Crippen LogP contribution in [0.15, 0.2) is 50.4 Å². The van der Waals surface area contributed by atoms with Crippen molar-refractivity contribution in [2.45, 2.75) is 27.2 Å². The van der Waals surface area contributed by atoms with Crippen molar-refractivity contribution in [3.63, 3.8) is 0 Å². The first-order valence-electron chi connectivity index (χ1n) is 9.38. The third-order valence-corrected chi connectivity index (χ3v) is 4.72. The van der Waals surface area contributed by atoms with Crippen molar-refractivity contribution in [3.05, 3.63) is 79.7 Å². The highest BCUT2D eigenvalue weighted by Crippen LogP contribution is 2.17. The van der Waals surface area contributed by atoms with Gasteiger partial charge in [-0.3, -0.25) is 14.6 Å². The van der Waals surface area contributed by atoms with Crippen LogP contribution in [0.2, 0.25) is 0 Å². The number of hydrogen-bond donors (Lipinski definition) is 2. The topological polar surface area (TPSA) is 123 Å². The zero-order chi connectivity index (χ0) is 21.4. The molecule has 0 atom stereocenters. The molecule has 0 aliphatic carbocycles. The normalized spacial score (nSPS) is 11.0. The lowest BCUT2D eigenvalue weighted by Gasteiger charge is -2.10. The highest BCUT2D eigenvalue weighted by Gasteiger charge is 2.18. The Kier molecular flexibility index (Phi) is 4.78. The molecule has 9 heteroatoms. The number of anilines is 1. The molecule has 4 aromatic rings. The fraction of sp³-hybridized carbons (Fsp3) is 0.190. The monoisotopic (exact) mass is 405 g/mol. The third-order valence-electron chi connectivity index (χ3n) is 4.72. The van der Waals surface area contributed by atoms with E-state index in [9.17, 15) is 14.4 Å². The predicted octanol–water partition coefficient (Wildman–Crippen LogP) is 2.49. The fourth-order valence-corrected chi connectivity index (χ4v) is 3.27. The zero-order valence-corrected chi connectivity index (χ0v) is 16.6. The van der Waals surface area contributed by atoms with E-state index in [1.807, 2.05) is 6.92 Å². The number of H-pyrrole nitrogens is 1. The van der Waals surface area contributed by atoms with Crippen LogP contribution >= 0.6 is 0 Å². The first kappa shape index (κ1) is 19.3. The van der Waals surface area contributed by atoms with Crippen molar-refractivity contribution in [2.24, 2.45) is 0 Å². The highest BCUT2D eigenvalue weighted by molar-refractivity contribution is 6.05. The standard InChI is InChI=1S/C21H19N5O4/c1-4-14-12(3)22-21(24-18(14)27)26-17(9-11(2)25-26)23-19(28)15-10-13-7-5-6-8-16(13)30-20(15)29/h5-10H,4H2,1-3H3,(H,23,28)(H,22,24,27). The number of aromatic nitrogens is 4. The maximum atomic E-state index is 12.8. The molecular weight excluding hydrogens is 386 g/mol. The number of carbonyl (C=O) groups excluding carboxylic acids is 1. The van der Waals surface area contributed by atoms with Gasteiger partial charge in [-0.15, -0.1) is 0 Å². The van der Waals surface area contributed by atoms with Crippen LogP contribution in [0, 0.1) is 13.8 Å². The van der Waals surface area contributed by atoms with Crippen LogP contribution in [0.1, 0.15) is 34.2 Å². The summed E-state index contributed by atoms with van der Waals surface area (Å²) in [5.74, 6) is -0.222. The van der Waals surface area contributed by atoms with Crippen LogP contribution in [0.25, 0.3) is 16.9 Å². The summed E-state index contributed by atoms with van der Waals surface area (Å²) in [5.41, 5.74) is 1.00. The van der Waals surface area contributed by atoms with Gasteiger partial charge in [0.15, 0.2) is 0 Å². The Morgan fingerprint density at radius 3 is 2.70 bits per heavy atom. The number of hydrogen-bond acceptors (Lipinski definition) is 6. The van der Waals surface area contributed by atoms with Gasteiger partial charge in [-0.1, -0.05) is 25.1 Å². The molecule has 3 aromatic heterocycles. The Balaban J connectivity index is 1.74. The molecule has 1 amide bonds.